The van der Waals surface area contributed by atoms with Crippen LogP contribution in [0.25, 0.3) is 0 Å². The van der Waals surface area contributed by atoms with Gasteiger partial charge in [-0.15, -0.1) is 0 Å². The minimum atomic E-state index is -0.0363. The molecular formula is C23H30O4. The van der Waals surface area contributed by atoms with Gasteiger partial charge in [-0.3, -0.25) is 9.59 Å². The molecule has 1 aromatic rings. The Bertz CT molecular complexity index is 686. The topological polar surface area (TPSA) is 52.6 Å². The van der Waals surface area contributed by atoms with Crippen LogP contribution in [0.5, 0.6) is 11.5 Å². The van der Waals surface area contributed by atoms with Crippen LogP contribution in [0.2, 0.25) is 0 Å². The quantitative estimate of drug-likeness (QED) is 0.310. The van der Waals surface area contributed by atoms with Crippen molar-refractivity contribution < 1.29 is 19.1 Å². The third-order valence-electron chi connectivity index (χ3n) is 5.30. The summed E-state index contributed by atoms with van der Waals surface area (Å²) in [7, 11) is 0. The lowest BCUT2D eigenvalue weighted by molar-refractivity contribution is -0.121. The van der Waals surface area contributed by atoms with Gasteiger partial charge in [0.25, 0.3) is 12.9 Å². The van der Waals surface area contributed by atoms with Crippen LogP contribution >= 0.6 is 0 Å². The first-order valence-corrected chi connectivity index (χ1v) is 9.71. The summed E-state index contributed by atoms with van der Waals surface area (Å²) in [5.41, 5.74) is 4.10. The Hall–Kier alpha value is -2.36. The van der Waals surface area contributed by atoms with Crippen LogP contribution in [0.15, 0.2) is 35.9 Å². The molecule has 0 amide bonds. The van der Waals surface area contributed by atoms with Crippen molar-refractivity contribution in [1.82, 2.24) is 0 Å². The van der Waals surface area contributed by atoms with Crippen molar-refractivity contribution in [3.8, 4) is 11.5 Å². The van der Waals surface area contributed by atoms with Crippen molar-refractivity contribution in [3.63, 3.8) is 0 Å². The van der Waals surface area contributed by atoms with Crippen LogP contribution in [-0.2, 0) is 16.0 Å². The average molecular weight is 370 g/mol. The standard InChI is InChI=1S/C23H30O4/c1-5-6-7-8-18-12-21(26-14-24)23(22(13-18)27-15-25)20-11-17(4)9-10-19(20)16(2)3/h11-15,19-20H,2,5-10H2,1,3-4H3. The number of hydrogen-bond donors (Lipinski definition) is 0. The normalized spacial score (nSPS) is 19.1. The zero-order chi connectivity index (χ0) is 19.8. The fourth-order valence-corrected chi connectivity index (χ4v) is 3.91. The summed E-state index contributed by atoms with van der Waals surface area (Å²) in [4.78, 5) is 22.3. The maximum absolute atomic E-state index is 11.2. The maximum Gasteiger partial charge on any atom is 0.298 e. The van der Waals surface area contributed by atoms with E-state index in [0.29, 0.717) is 24.4 Å². The van der Waals surface area contributed by atoms with Crippen molar-refractivity contribution in [1.29, 1.82) is 0 Å². The number of benzene rings is 1. The second-order valence-corrected chi connectivity index (χ2v) is 7.42. The molecule has 1 aromatic carbocycles. The van der Waals surface area contributed by atoms with E-state index < -0.39 is 0 Å². The van der Waals surface area contributed by atoms with E-state index in [9.17, 15) is 9.59 Å². The minimum absolute atomic E-state index is 0.0363. The van der Waals surface area contributed by atoms with Crippen LogP contribution in [0.3, 0.4) is 0 Å². The van der Waals surface area contributed by atoms with Gasteiger partial charge in [0.2, 0.25) is 0 Å². The van der Waals surface area contributed by atoms with E-state index in [4.69, 9.17) is 9.47 Å². The first-order valence-electron chi connectivity index (χ1n) is 9.71. The molecule has 0 bridgehead atoms. The van der Waals surface area contributed by atoms with Gasteiger partial charge in [-0.25, -0.2) is 0 Å². The Balaban J connectivity index is 2.56. The third-order valence-corrected chi connectivity index (χ3v) is 5.30. The summed E-state index contributed by atoms with van der Waals surface area (Å²) < 4.78 is 10.7. The molecule has 27 heavy (non-hydrogen) atoms. The van der Waals surface area contributed by atoms with Gasteiger partial charge < -0.3 is 9.47 Å². The lowest BCUT2D eigenvalue weighted by atomic mass is 9.73. The Kier molecular flexibility index (Phi) is 7.83. The summed E-state index contributed by atoms with van der Waals surface area (Å²) in [6.07, 6.45) is 8.30. The highest BCUT2D eigenvalue weighted by Crippen LogP contribution is 2.47. The summed E-state index contributed by atoms with van der Waals surface area (Å²) in [6.45, 7) is 11.3. The monoisotopic (exact) mass is 370 g/mol. The van der Waals surface area contributed by atoms with Crippen molar-refractivity contribution in [2.75, 3.05) is 0 Å². The number of carbonyl (C=O) groups is 2. The van der Waals surface area contributed by atoms with Gasteiger partial charge in [-0.1, -0.05) is 43.6 Å². The average Bonchev–Trinajstić information content (AvgIpc) is 2.62. The summed E-state index contributed by atoms with van der Waals surface area (Å²) >= 11 is 0. The molecule has 0 saturated heterocycles. The molecule has 2 unspecified atom stereocenters. The van der Waals surface area contributed by atoms with E-state index in [2.05, 4.69) is 26.5 Å². The van der Waals surface area contributed by atoms with E-state index in [1.165, 1.54) is 5.57 Å². The molecule has 2 rings (SSSR count). The maximum atomic E-state index is 11.2. The zero-order valence-corrected chi connectivity index (χ0v) is 16.6. The number of ether oxygens (including phenoxy) is 2. The molecule has 0 spiro atoms. The number of allylic oxidation sites excluding steroid dienone is 3. The molecule has 0 saturated carbocycles. The molecule has 1 aliphatic carbocycles. The number of aryl methyl sites for hydroxylation is 1. The van der Waals surface area contributed by atoms with Crippen LogP contribution in [0, 0.1) is 5.92 Å². The summed E-state index contributed by atoms with van der Waals surface area (Å²) in [5, 5.41) is 0. The molecular weight excluding hydrogens is 340 g/mol. The van der Waals surface area contributed by atoms with E-state index in [1.807, 2.05) is 19.1 Å². The minimum Gasteiger partial charge on any atom is -0.428 e. The van der Waals surface area contributed by atoms with Crippen LogP contribution in [-0.4, -0.2) is 12.9 Å². The lowest BCUT2D eigenvalue weighted by Gasteiger charge is -2.32. The molecule has 0 N–H and O–H groups in total. The van der Waals surface area contributed by atoms with Gasteiger partial charge in [0.05, 0.1) is 0 Å². The van der Waals surface area contributed by atoms with Crippen LogP contribution in [0.4, 0.5) is 0 Å². The SMILES string of the molecule is C=C(C)C1CCC(C)=CC1c1c(OC=O)cc(CCCCC)cc1OC=O. The van der Waals surface area contributed by atoms with Crippen LogP contribution < -0.4 is 9.47 Å². The largest absolute Gasteiger partial charge is 0.428 e. The van der Waals surface area contributed by atoms with Gasteiger partial charge in [0.1, 0.15) is 11.5 Å². The Morgan fingerprint density at radius 2 is 1.81 bits per heavy atom. The van der Waals surface area contributed by atoms with Crippen molar-refractivity contribution in [3.05, 3.63) is 47.1 Å². The van der Waals surface area contributed by atoms with Crippen molar-refractivity contribution in [2.45, 2.75) is 65.2 Å². The highest BCUT2D eigenvalue weighted by molar-refractivity contribution is 5.60. The highest BCUT2D eigenvalue weighted by Gasteiger charge is 2.31. The predicted octanol–water partition coefficient (Wildman–Crippen LogP) is 5.51. The lowest BCUT2D eigenvalue weighted by Crippen LogP contribution is -2.19. The fraction of sp³-hybridized carbons (Fsp3) is 0.478. The fourth-order valence-electron chi connectivity index (χ4n) is 3.91. The summed E-state index contributed by atoms with van der Waals surface area (Å²) in [6, 6.07) is 3.81. The molecule has 4 heteroatoms. The van der Waals surface area contributed by atoms with Crippen molar-refractivity contribution in [2.24, 2.45) is 5.92 Å². The number of carbonyl (C=O) groups excluding carboxylic acids is 2. The van der Waals surface area contributed by atoms with E-state index in [-0.39, 0.29) is 11.8 Å². The predicted molar refractivity (Wildman–Crippen MR) is 107 cm³/mol. The van der Waals surface area contributed by atoms with Gasteiger partial charge in [-0.2, -0.15) is 0 Å². The first-order chi connectivity index (χ1) is 13.0. The van der Waals surface area contributed by atoms with Crippen LogP contribution in [0.1, 0.15) is 69.9 Å². The van der Waals surface area contributed by atoms with Gasteiger partial charge in [-0.05, 0) is 63.1 Å². The highest BCUT2D eigenvalue weighted by atomic mass is 16.5. The molecule has 0 radical (unpaired) electrons. The van der Waals surface area contributed by atoms with E-state index in [0.717, 1.165) is 55.2 Å². The number of hydrogen-bond acceptors (Lipinski definition) is 4. The Morgan fingerprint density at radius 3 is 2.33 bits per heavy atom. The molecule has 0 fully saturated rings. The third kappa shape index (κ3) is 5.31. The molecule has 0 aliphatic heterocycles. The molecule has 0 heterocycles. The molecule has 1 aliphatic rings. The van der Waals surface area contributed by atoms with Crippen molar-refractivity contribution >= 4 is 12.9 Å². The number of rotatable bonds is 10. The van der Waals surface area contributed by atoms with Gasteiger partial charge in [0.15, 0.2) is 0 Å². The molecule has 146 valence electrons. The van der Waals surface area contributed by atoms with E-state index in [1.54, 1.807) is 0 Å². The summed E-state index contributed by atoms with van der Waals surface area (Å²) in [5.74, 6) is 1.12. The van der Waals surface area contributed by atoms with Gasteiger partial charge >= 0.3 is 0 Å². The Morgan fingerprint density at radius 1 is 1.19 bits per heavy atom. The molecule has 4 nitrogen and oxygen atoms in total. The first kappa shape index (κ1) is 20.9. The van der Waals surface area contributed by atoms with E-state index >= 15 is 0 Å². The van der Waals surface area contributed by atoms with Gasteiger partial charge in [0, 0.05) is 11.5 Å². The smallest absolute Gasteiger partial charge is 0.298 e. The zero-order valence-electron chi connectivity index (χ0n) is 16.6. The second-order valence-electron chi connectivity index (χ2n) is 7.42. The molecule has 2 atom stereocenters. The number of unbranched alkanes of at least 4 members (excludes halogenated alkanes) is 2. The molecule has 0 aromatic heterocycles. The Labute approximate surface area is 162 Å². The second kappa shape index (κ2) is 10.1.